The lowest BCUT2D eigenvalue weighted by atomic mass is 10.2. The minimum atomic E-state index is -0.0966. The standard InChI is InChI=1S/C13H17N3O3S/c17-11(15-7-10-2-1-5-19-10)6-9-8-20-13-14-4-3-12(18)16(9)13/h3-4,9-10H,1-2,5-8H2,(H,15,17)/t9-,10+/m0/s1. The maximum Gasteiger partial charge on any atom is 0.254 e. The summed E-state index contributed by atoms with van der Waals surface area (Å²) in [5.41, 5.74) is -0.0862. The molecule has 6 nitrogen and oxygen atoms in total. The van der Waals surface area contributed by atoms with Crippen molar-refractivity contribution in [2.75, 3.05) is 18.9 Å². The van der Waals surface area contributed by atoms with Crippen molar-refractivity contribution < 1.29 is 9.53 Å². The van der Waals surface area contributed by atoms with E-state index in [1.54, 1.807) is 4.57 Å². The number of nitrogens with one attached hydrogen (secondary N) is 1. The van der Waals surface area contributed by atoms with Gasteiger partial charge in [-0.2, -0.15) is 0 Å². The van der Waals surface area contributed by atoms with Crippen molar-refractivity contribution in [1.29, 1.82) is 0 Å². The number of hydrogen-bond acceptors (Lipinski definition) is 5. The highest BCUT2D eigenvalue weighted by molar-refractivity contribution is 7.99. The van der Waals surface area contributed by atoms with Crippen LogP contribution >= 0.6 is 11.8 Å². The van der Waals surface area contributed by atoms with Gasteiger partial charge in [0.15, 0.2) is 5.16 Å². The van der Waals surface area contributed by atoms with Gasteiger partial charge in [0.1, 0.15) is 0 Å². The minimum Gasteiger partial charge on any atom is -0.376 e. The summed E-state index contributed by atoms with van der Waals surface area (Å²) in [7, 11) is 0. The van der Waals surface area contributed by atoms with Crippen molar-refractivity contribution in [2.45, 2.75) is 36.6 Å². The van der Waals surface area contributed by atoms with Gasteiger partial charge in [-0.3, -0.25) is 14.2 Å². The molecule has 1 amide bonds. The maximum atomic E-state index is 12.0. The summed E-state index contributed by atoms with van der Waals surface area (Å²) in [5, 5.41) is 3.60. The highest BCUT2D eigenvalue weighted by Crippen LogP contribution is 2.31. The van der Waals surface area contributed by atoms with Crippen molar-refractivity contribution in [3.05, 3.63) is 22.6 Å². The summed E-state index contributed by atoms with van der Waals surface area (Å²) in [4.78, 5) is 28.0. The molecule has 0 bridgehead atoms. The second kappa shape index (κ2) is 5.97. The Morgan fingerprint density at radius 3 is 3.30 bits per heavy atom. The van der Waals surface area contributed by atoms with Gasteiger partial charge in [-0.1, -0.05) is 11.8 Å². The van der Waals surface area contributed by atoms with E-state index < -0.39 is 0 Å². The van der Waals surface area contributed by atoms with Gasteiger partial charge < -0.3 is 10.1 Å². The summed E-state index contributed by atoms with van der Waals surface area (Å²) in [6, 6.07) is 1.34. The normalized spacial score (nSPS) is 24.6. The predicted molar refractivity (Wildman–Crippen MR) is 74.9 cm³/mol. The molecule has 7 heteroatoms. The van der Waals surface area contributed by atoms with E-state index >= 15 is 0 Å². The fraction of sp³-hybridized carbons (Fsp3) is 0.615. The summed E-state index contributed by atoms with van der Waals surface area (Å²) in [6.07, 6.45) is 4.05. The zero-order valence-corrected chi connectivity index (χ0v) is 11.9. The Bertz CT molecular complexity index is 554. The molecule has 0 aliphatic carbocycles. The van der Waals surface area contributed by atoms with E-state index in [2.05, 4.69) is 10.3 Å². The van der Waals surface area contributed by atoms with Crippen LogP contribution in [0, 0.1) is 0 Å². The molecule has 0 unspecified atom stereocenters. The molecule has 1 aromatic heterocycles. The lowest BCUT2D eigenvalue weighted by molar-refractivity contribution is -0.122. The molecular formula is C13H17N3O3S. The summed E-state index contributed by atoms with van der Waals surface area (Å²) < 4.78 is 7.09. The number of ether oxygens (including phenoxy) is 1. The topological polar surface area (TPSA) is 73.2 Å². The lowest BCUT2D eigenvalue weighted by Crippen LogP contribution is -2.34. The Labute approximate surface area is 120 Å². The van der Waals surface area contributed by atoms with Gasteiger partial charge in [-0.25, -0.2) is 4.98 Å². The third-order valence-electron chi connectivity index (χ3n) is 3.59. The number of nitrogens with zero attached hydrogens (tertiary/aromatic N) is 2. The average Bonchev–Trinajstić information content (AvgIpc) is 3.07. The van der Waals surface area contributed by atoms with E-state index in [0.29, 0.717) is 18.1 Å². The molecule has 2 aliphatic rings. The van der Waals surface area contributed by atoms with Gasteiger partial charge in [-0.05, 0) is 12.8 Å². The number of hydrogen-bond donors (Lipinski definition) is 1. The summed E-state index contributed by atoms with van der Waals surface area (Å²) in [6.45, 7) is 1.35. The third kappa shape index (κ3) is 2.88. The van der Waals surface area contributed by atoms with E-state index in [1.165, 1.54) is 24.0 Å². The van der Waals surface area contributed by atoms with Crippen molar-refractivity contribution in [3.8, 4) is 0 Å². The molecule has 1 N–H and O–H groups in total. The monoisotopic (exact) mass is 295 g/mol. The van der Waals surface area contributed by atoms with E-state index in [-0.39, 0.29) is 23.6 Å². The second-order valence-corrected chi connectivity index (χ2v) is 6.03. The van der Waals surface area contributed by atoms with Gasteiger partial charge in [0, 0.05) is 37.6 Å². The first kappa shape index (κ1) is 13.6. The molecule has 0 saturated carbocycles. The van der Waals surface area contributed by atoms with Crippen LogP contribution in [0.2, 0.25) is 0 Å². The lowest BCUT2D eigenvalue weighted by Gasteiger charge is -2.14. The first-order chi connectivity index (χ1) is 9.74. The number of carbonyl (C=O) groups excluding carboxylic acids is 1. The average molecular weight is 295 g/mol. The zero-order valence-electron chi connectivity index (χ0n) is 11.1. The van der Waals surface area contributed by atoms with Crippen molar-refractivity contribution in [2.24, 2.45) is 0 Å². The van der Waals surface area contributed by atoms with Crippen LogP contribution in [0.4, 0.5) is 0 Å². The van der Waals surface area contributed by atoms with E-state index in [1.807, 2.05) is 0 Å². The minimum absolute atomic E-state index is 0.0327. The Morgan fingerprint density at radius 2 is 2.50 bits per heavy atom. The molecule has 2 aliphatic heterocycles. The van der Waals surface area contributed by atoms with E-state index in [4.69, 9.17) is 4.74 Å². The fourth-order valence-electron chi connectivity index (χ4n) is 2.56. The van der Waals surface area contributed by atoms with Crippen molar-refractivity contribution in [1.82, 2.24) is 14.9 Å². The number of amides is 1. The largest absolute Gasteiger partial charge is 0.376 e. The molecule has 0 spiro atoms. The number of carbonyl (C=O) groups is 1. The highest BCUT2D eigenvalue weighted by atomic mass is 32.2. The van der Waals surface area contributed by atoms with Gasteiger partial charge in [0.25, 0.3) is 5.56 Å². The van der Waals surface area contributed by atoms with Crippen molar-refractivity contribution in [3.63, 3.8) is 0 Å². The van der Waals surface area contributed by atoms with Crippen LogP contribution in [0.5, 0.6) is 0 Å². The third-order valence-corrected chi connectivity index (χ3v) is 4.70. The molecule has 1 fully saturated rings. The van der Waals surface area contributed by atoms with E-state index in [0.717, 1.165) is 25.2 Å². The first-order valence-corrected chi connectivity index (χ1v) is 7.81. The predicted octanol–water partition coefficient (Wildman–Crippen LogP) is 0.575. The van der Waals surface area contributed by atoms with Crippen LogP contribution in [0.1, 0.15) is 25.3 Å². The Balaban J connectivity index is 1.57. The van der Waals surface area contributed by atoms with Crippen LogP contribution in [0.3, 0.4) is 0 Å². The van der Waals surface area contributed by atoms with Crippen LogP contribution in [-0.4, -0.2) is 40.5 Å². The van der Waals surface area contributed by atoms with Crippen LogP contribution in [0.15, 0.2) is 22.2 Å². The number of rotatable bonds is 4. The quantitative estimate of drug-likeness (QED) is 0.822. The van der Waals surface area contributed by atoms with Gasteiger partial charge in [-0.15, -0.1) is 0 Å². The van der Waals surface area contributed by atoms with Gasteiger partial charge in [0.2, 0.25) is 5.91 Å². The molecule has 1 aromatic rings. The molecule has 0 radical (unpaired) electrons. The molecule has 1 saturated heterocycles. The van der Waals surface area contributed by atoms with Gasteiger partial charge >= 0.3 is 0 Å². The summed E-state index contributed by atoms with van der Waals surface area (Å²) in [5.74, 6) is 0.689. The molecule has 2 atom stereocenters. The fourth-order valence-corrected chi connectivity index (χ4v) is 3.68. The Morgan fingerprint density at radius 1 is 1.60 bits per heavy atom. The zero-order chi connectivity index (χ0) is 13.9. The molecule has 20 heavy (non-hydrogen) atoms. The van der Waals surface area contributed by atoms with Crippen LogP contribution in [-0.2, 0) is 9.53 Å². The first-order valence-electron chi connectivity index (χ1n) is 6.82. The van der Waals surface area contributed by atoms with Gasteiger partial charge in [0.05, 0.1) is 12.1 Å². The molecule has 0 aromatic carbocycles. The Kier molecular flexibility index (Phi) is 4.07. The smallest absolute Gasteiger partial charge is 0.254 e. The summed E-state index contributed by atoms with van der Waals surface area (Å²) >= 11 is 1.52. The second-order valence-electron chi connectivity index (χ2n) is 5.04. The number of aromatic nitrogens is 2. The van der Waals surface area contributed by atoms with Crippen LogP contribution < -0.4 is 10.9 Å². The highest BCUT2D eigenvalue weighted by Gasteiger charge is 2.27. The maximum absolute atomic E-state index is 12.0. The number of thioether (sulfide) groups is 1. The molecule has 108 valence electrons. The van der Waals surface area contributed by atoms with E-state index in [9.17, 15) is 9.59 Å². The molecular weight excluding hydrogens is 278 g/mol. The van der Waals surface area contributed by atoms with Crippen LogP contribution in [0.25, 0.3) is 0 Å². The Hall–Kier alpha value is -1.34. The van der Waals surface area contributed by atoms with Crippen molar-refractivity contribution >= 4 is 17.7 Å². The number of fused-ring (bicyclic) bond motifs is 1. The SMILES string of the molecule is O=C(C[C@H]1CSc2nccc(=O)n21)NC[C@H]1CCCO1. The molecule has 3 rings (SSSR count). The molecule has 3 heterocycles.